The molecule has 0 bridgehead atoms. The van der Waals surface area contributed by atoms with E-state index < -0.39 is 157 Å². The van der Waals surface area contributed by atoms with Crippen LogP contribution in [0.4, 0.5) is 0 Å². The zero-order chi connectivity index (χ0) is 52.4. The van der Waals surface area contributed by atoms with Crippen LogP contribution in [0.15, 0.2) is 24.0 Å². The number of ether oxygens (including phenoxy) is 6. The van der Waals surface area contributed by atoms with E-state index in [4.69, 9.17) is 49.3 Å². The van der Waals surface area contributed by atoms with E-state index in [1.807, 2.05) is 0 Å². The van der Waals surface area contributed by atoms with E-state index in [0.717, 1.165) is 5.57 Å². The first-order valence-electron chi connectivity index (χ1n) is 21.1. The maximum absolute atomic E-state index is 12.3. The summed E-state index contributed by atoms with van der Waals surface area (Å²) in [5.41, 5.74) is 1.61. The van der Waals surface area contributed by atoms with Crippen LogP contribution in [0.25, 0.3) is 0 Å². The van der Waals surface area contributed by atoms with Gasteiger partial charge in [0.1, 0.15) is 30.1 Å². The Morgan fingerprint density at radius 3 is 1.72 bits per heavy atom. The Bertz CT molecular complexity index is 2740. The highest BCUT2D eigenvalue weighted by Crippen LogP contribution is 2.37. The Kier molecular flexibility index (Phi) is 18.5. The minimum atomic E-state index is -5.60. The fourth-order valence-corrected chi connectivity index (χ4v) is 10.6. The standard InChI is InChI=1S/C33H53N7O26S5/c1-16-6-7-24(62-67(41,42)43)23(10-16)34-22-11-26(63-68(44,45)46)31(57-18(22)3)60-25-12-27(64-69(47,48)49)32(58-19(25)4)61-28-20(5)59-33(30(66-71(53,54)55)29(28)65-70(50,51)52)56-15-21-14-40(38-36-21)9-8-39-13-17(2)35-37-39/h10,13-14,18-20,22-34H,6-9,11-12,15H2,1-5H3,(H,41,42,43)(H,44,45,46)(H,47,48,49)(H,50,51,52)(H,53,54,55)/t18-,19-,20?,22+,23+,24-,25+,26-,27-,28-,29+,30-,31-,32-,33-/m1/s1. The molecule has 3 aliphatic heterocycles. The van der Waals surface area contributed by atoms with Gasteiger partial charge in [0.25, 0.3) is 0 Å². The van der Waals surface area contributed by atoms with Gasteiger partial charge in [0.2, 0.25) is 0 Å². The Morgan fingerprint density at radius 1 is 0.606 bits per heavy atom. The Balaban J connectivity index is 1.19. The molecular formula is C33H53N7O26S5. The maximum atomic E-state index is 12.3. The minimum absolute atomic E-state index is 0.119. The summed E-state index contributed by atoms with van der Waals surface area (Å²) in [6, 6.07) is -1.76. The van der Waals surface area contributed by atoms with Gasteiger partial charge in [0.15, 0.2) is 25.0 Å². The number of nitrogens with zero attached hydrogens (tertiary/aromatic N) is 6. The van der Waals surface area contributed by atoms with Crippen molar-refractivity contribution in [2.24, 2.45) is 0 Å². The van der Waals surface area contributed by atoms with Crippen LogP contribution in [0, 0.1) is 6.92 Å². The van der Waals surface area contributed by atoms with E-state index in [-0.39, 0.29) is 25.1 Å². The lowest BCUT2D eigenvalue weighted by Crippen LogP contribution is -2.63. The normalized spacial score (nSPS) is 33.7. The molecule has 3 saturated heterocycles. The zero-order valence-electron chi connectivity index (χ0n) is 37.9. The number of allylic oxidation sites excluding steroid dienone is 1. The third-order valence-electron chi connectivity index (χ3n) is 11.2. The number of rotatable bonds is 22. The van der Waals surface area contributed by atoms with Crippen molar-refractivity contribution in [3.05, 3.63) is 35.4 Å². The number of hydrogen-bond acceptors (Lipinski definition) is 26. The number of aromatic nitrogens is 6. The predicted octanol–water partition coefficient (Wildman–Crippen LogP) is -1.81. The Hall–Kier alpha value is -2.91. The highest BCUT2D eigenvalue weighted by atomic mass is 32.3. The monoisotopic (exact) mass is 1120 g/mol. The van der Waals surface area contributed by atoms with Crippen molar-refractivity contribution in [3.8, 4) is 0 Å². The highest BCUT2D eigenvalue weighted by molar-refractivity contribution is 7.81. The quantitative estimate of drug-likeness (QED) is 0.0559. The van der Waals surface area contributed by atoms with Crippen molar-refractivity contribution in [1.29, 1.82) is 0 Å². The first kappa shape index (κ1) is 57.4. The van der Waals surface area contributed by atoms with Gasteiger partial charge in [-0.25, -0.2) is 20.9 Å². The van der Waals surface area contributed by atoms with Crippen LogP contribution in [-0.2, 0) is 121 Å². The average molecular weight is 1120 g/mol. The molecule has 0 radical (unpaired) electrons. The summed E-state index contributed by atoms with van der Waals surface area (Å²) in [4.78, 5) is 0. The van der Waals surface area contributed by atoms with E-state index in [1.165, 1.54) is 31.6 Å². The molecule has 2 aromatic rings. The Morgan fingerprint density at radius 2 is 1.13 bits per heavy atom. The number of aryl methyl sites for hydroxylation is 3. The van der Waals surface area contributed by atoms with E-state index in [9.17, 15) is 64.9 Å². The lowest BCUT2D eigenvalue weighted by Gasteiger charge is -2.47. The van der Waals surface area contributed by atoms with Crippen LogP contribution in [-0.4, -0.2) is 187 Å². The van der Waals surface area contributed by atoms with Crippen LogP contribution in [0.1, 0.15) is 64.8 Å². The molecule has 0 amide bonds. The molecule has 5 heterocycles. The van der Waals surface area contributed by atoms with Crippen LogP contribution in [0.2, 0.25) is 0 Å². The topological polar surface area (TPSA) is 447 Å². The van der Waals surface area contributed by atoms with Crippen molar-refractivity contribution in [2.75, 3.05) is 0 Å². The second-order valence-corrected chi connectivity index (χ2v) is 22.0. The van der Waals surface area contributed by atoms with Crippen LogP contribution in [0.5, 0.6) is 0 Å². The molecule has 6 rings (SSSR count). The molecule has 1 aliphatic carbocycles. The molecule has 0 spiro atoms. The van der Waals surface area contributed by atoms with Crippen LogP contribution in [0.3, 0.4) is 0 Å². The van der Waals surface area contributed by atoms with Crippen LogP contribution < -0.4 is 5.32 Å². The molecule has 33 nitrogen and oxygen atoms in total. The second kappa shape index (κ2) is 22.9. The van der Waals surface area contributed by atoms with Gasteiger partial charge in [0.05, 0.1) is 68.1 Å². The van der Waals surface area contributed by atoms with Crippen molar-refractivity contribution >= 4 is 52.0 Å². The van der Waals surface area contributed by atoms with Crippen molar-refractivity contribution in [1.82, 2.24) is 35.3 Å². The fourth-order valence-electron chi connectivity index (χ4n) is 8.18. The smallest absolute Gasteiger partial charge is 0.345 e. The van der Waals surface area contributed by atoms with Crippen molar-refractivity contribution in [2.45, 2.75) is 172 Å². The summed E-state index contributed by atoms with van der Waals surface area (Å²) < 4.78 is 232. The van der Waals surface area contributed by atoms with E-state index in [2.05, 4.69) is 25.9 Å². The van der Waals surface area contributed by atoms with E-state index >= 15 is 0 Å². The predicted molar refractivity (Wildman–Crippen MR) is 227 cm³/mol. The molecule has 1 unspecified atom stereocenters. The molecular weight excluding hydrogens is 1070 g/mol. The summed E-state index contributed by atoms with van der Waals surface area (Å²) in [6.45, 7) is 7.61. The molecule has 4 aliphatic rings. The second-order valence-electron chi connectivity index (χ2n) is 16.8. The lowest BCUT2D eigenvalue weighted by atomic mass is 9.91. The van der Waals surface area contributed by atoms with Gasteiger partial charge in [-0.3, -0.25) is 32.1 Å². The molecule has 15 atom stereocenters. The lowest BCUT2D eigenvalue weighted by molar-refractivity contribution is -0.346. The molecule has 0 saturated carbocycles. The molecule has 71 heavy (non-hydrogen) atoms. The van der Waals surface area contributed by atoms with E-state index in [1.54, 1.807) is 30.8 Å². The first-order valence-corrected chi connectivity index (χ1v) is 28.0. The van der Waals surface area contributed by atoms with E-state index in [0.29, 0.717) is 18.7 Å². The van der Waals surface area contributed by atoms with Gasteiger partial charge in [-0.15, -0.1) is 10.2 Å². The molecule has 6 N–H and O–H groups in total. The molecule has 406 valence electrons. The van der Waals surface area contributed by atoms with Gasteiger partial charge in [-0.2, -0.15) is 42.1 Å². The zero-order valence-corrected chi connectivity index (χ0v) is 42.0. The molecule has 38 heteroatoms. The largest absolute Gasteiger partial charge is 0.397 e. The summed E-state index contributed by atoms with van der Waals surface area (Å²) >= 11 is 0. The summed E-state index contributed by atoms with van der Waals surface area (Å²) in [5, 5.41) is 18.8. The molecule has 2 aromatic heterocycles. The number of hydrogen-bond donors (Lipinski definition) is 6. The highest BCUT2D eigenvalue weighted by Gasteiger charge is 2.54. The maximum Gasteiger partial charge on any atom is 0.397 e. The van der Waals surface area contributed by atoms with Crippen molar-refractivity contribution < 1.29 is 114 Å². The fraction of sp³-hybridized carbons (Fsp3) is 0.818. The Labute approximate surface area is 407 Å². The SMILES string of the molecule is CC1=C[C@H](N[C@H]2C[C@@H](OS(=O)(=O)O)[C@@H](O[C@H]3C[C@@H](OS(=O)(=O)O)[C@@H](O[C@@H]4C(C)O[C@@H](OCc5cn(CCn6cc(C)nn6)nn5)[C@H](OS(=O)(=O)O)[C@H]4OS(=O)(=O)O)O[C@@H]3C)O[C@@H]2C)[C@H](OS(=O)(=O)O)CC1. The summed E-state index contributed by atoms with van der Waals surface area (Å²) in [7, 11) is -26.8. The summed E-state index contributed by atoms with van der Waals surface area (Å²) in [5.74, 6) is 0. The summed E-state index contributed by atoms with van der Waals surface area (Å²) in [6.07, 6.45) is -18.0. The van der Waals surface area contributed by atoms with Gasteiger partial charge in [-0.05, 0) is 53.9 Å². The van der Waals surface area contributed by atoms with Gasteiger partial charge < -0.3 is 33.7 Å². The number of nitrogens with one attached hydrogen (secondary N) is 1. The van der Waals surface area contributed by atoms with Gasteiger partial charge in [-0.1, -0.05) is 22.1 Å². The molecule has 3 fully saturated rings. The van der Waals surface area contributed by atoms with Gasteiger partial charge in [0, 0.05) is 18.7 Å². The minimum Gasteiger partial charge on any atom is -0.345 e. The first-order chi connectivity index (χ1) is 32.8. The third-order valence-corrected chi connectivity index (χ3v) is 13.6. The average Bonchev–Trinajstić information content (AvgIpc) is 3.85. The van der Waals surface area contributed by atoms with Crippen LogP contribution >= 0.6 is 0 Å². The molecule has 0 aromatic carbocycles. The van der Waals surface area contributed by atoms with Gasteiger partial charge >= 0.3 is 52.0 Å². The van der Waals surface area contributed by atoms with Crippen molar-refractivity contribution in [3.63, 3.8) is 0 Å². The third kappa shape index (κ3) is 17.6.